The van der Waals surface area contributed by atoms with Crippen LogP contribution in [0.25, 0.3) is 0 Å². The highest BCUT2D eigenvalue weighted by atomic mass is 16.6. The largest absolute Gasteiger partial charge is 0.486 e. The van der Waals surface area contributed by atoms with Crippen LogP contribution in [0.3, 0.4) is 0 Å². The van der Waals surface area contributed by atoms with Gasteiger partial charge in [0.25, 0.3) is 0 Å². The van der Waals surface area contributed by atoms with E-state index in [1.807, 2.05) is 31.2 Å². The van der Waals surface area contributed by atoms with Crippen LogP contribution in [0, 0.1) is 0 Å². The normalized spacial score (nSPS) is 17.9. The maximum Gasteiger partial charge on any atom is 0.225 e. The van der Waals surface area contributed by atoms with Crippen molar-refractivity contribution in [3.05, 3.63) is 53.6 Å². The highest BCUT2D eigenvalue weighted by molar-refractivity contribution is 5.94. The van der Waals surface area contributed by atoms with Crippen molar-refractivity contribution in [3.63, 3.8) is 0 Å². The predicted octanol–water partition coefficient (Wildman–Crippen LogP) is 3.42. The molecule has 3 N–H and O–H groups in total. The van der Waals surface area contributed by atoms with Crippen LogP contribution in [-0.2, 0) is 10.2 Å². The van der Waals surface area contributed by atoms with Gasteiger partial charge >= 0.3 is 0 Å². The smallest absolute Gasteiger partial charge is 0.225 e. The molecule has 4 rings (SSSR count). The molecule has 2 aromatic rings. The number of nitrogens with zero attached hydrogens (tertiary/aromatic N) is 1. The molecule has 0 aliphatic carbocycles. The summed E-state index contributed by atoms with van der Waals surface area (Å²) in [7, 11) is 0. The van der Waals surface area contributed by atoms with E-state index < -0.39 is 0 Å². The number of carbonyl (C=O) groups excluding carboxylic acids is 1. The number of hydrogen-bond acceptors (Lipinski definition) is 4. The zero-order chi connectivity index (χ0) is 22.6. The first kappa shape index (κ1) is 22.0. The summed E-state index contributed by atoms with van der Waals surface area (Å²) in [6, 6.07) is 14.1. The molecular formula is C25H32N4O3. The van der Waals surface area contributed by atoms with Crippen LogP contribution in [0.2, 0.25) is 0 Å². The maximum absolute atomic E-state index is 12.1. The van der Waals surface area contributed by atoms with E-state index >= 15 is 0 Å². The monoisotopic (exact) mass is 436 g/mol. The van der Waals surface area contributed by atoms with Crippen molar-refractivity contribution < 1.29 is 14.3 Å². The first-order chi connectivity index (χ1) is 15.5. The summed E-state index contributed by atoms with van der Waals surface area (Å²) in [5.74, 6) is 2.50. The Morgan fingerprint density at radius 1 is 1.12 bits per heavy atom. The summed E-state index contributed by atoms with van der Waals surface area (Å²) in [4.78, 5) is 17.0. The Labute approximate surface area is 189 Å². The molecular weight excluding hydrogens is 404 g/mol. The third kappa shape index (κ3) is 4.98. The van der Waals surface area contributed by atoms with E-state index in [0.717, 1.165) is 40.8 Å². The molecule has 1 atom stereocenters. The molecule has 0 fully saturated rings. The van der Waals surface area contributed by atoms with E-state index in [4.69, 9.17) is 14.5 Å². The van der Waals surface area contributed by atoms with Gasteiger partial charge in [-0.15, -0.1) is 0 Å². The van der Waals surface area contributed by atoms with Crippen LogP contribution in [-0.4, -0.2) is 44.7 Å². The number of para-hydroxylation sites is 1. The molecule has 0 saturated heterocycles. The van der Waals surface area contributed by atoms with E-state index in [1.165, 1.54) is 0 Å². The summed E-state index contributed by atoms with van der Waals surface area (Å²) < 4.78 is 11.4. The van der Waals surface area contributed by atoms with Crippen LogP contribution in [0.15, 0.2) is 47.5 Å². The number of fused-ring (bicyclic) bond motifs is 2. The first-order valence-corrected chi connectivity index (χ1v) is 11.3. The molecule has 7 nitrogen and oxygen atoms in total. The maximum atomic E-state index is 12.1. The van der Waals surface area contributed by atoms with E-state index in [1.54, 1.807) is 0 Å². The molecule has 0 saturated carbocycles. The van der Waals surface area contributed by atoms with E-state index in [0.29, 0.717) is 32.7 Å². The van der Waals surface area contributed by atoms with E-state index in [9.17, 15) is 4.79 Å². The summed E-state index contributed by atoms with van der Waals surface area (Å²) in [6.45, 7) is 9.56. The average Bonchev–Trinajstić information content (AvgIpc) is 2.80. The summed E-state index contributed by atoms with van der Waals surface area (Å²) in [5, 5.41) is 9.72. The van der Waals surface area contributed by atoms with Gasteiger partial charge in [-0.2, -0.15) is 0 Å². The Morgan fingerprint density at radius 3 is 2.72 bits per heavy atom. The molecule has 0 aromatic heterocycles. The van der Waals surface area contributed by atoms with Crippen LogP contribution < -0.4 is 25.4 Å². The highest BCUT2D eigenvalue weighted by Crippen LogP contribution is 2.35. The van der Waals surface area contributed by atoms with Crippen molar-refractivity contribution >= 4 is 17.6 Å². The molecule has 1 amide bonds. The Bertz CT molecular complexity index is 1000. The fraction of sp³-hybridized carbons (Fsp3) is 0.440. The molecule has 0 spiro atoms. The number of carbonyl (C=O) groups is 1. The fourth-order valence-corrected chi connectivity index (χ4v) is 4.08. The van der Waals surface area contributed by atoms with Gasteiger partial charge < -0.3 is 25.4 Å². The zero-order valence-electron chi connectivity index (χ0n) is 19.0. The second-order valence-electron chi connectivity index (χ2n) is 8.85. The molecule has 2 aromatic carbocycles. The lowest BCUT2D eigenvalue weighted by Crippen LogP contribution is -2.41. The van der Waals surface area contributed by atoms with Gasteiger partial charge in [0.1, 0.15) is 13.2 Å². The summed E-state index contributed by atoms with van der Waals surface area (Å²) >= 11 is 0. The third-order valence-electron chi connectivity index (χ3n) is 5.92. The molecule has 7 heteroatoms. The predicted molar refractivity (Wildman–Crippen MR) is 127 cm³/mol. The fourth-order valence-electron chi connectivity index (χ4n) is 4.08. The molecule has 2 heterocycles. The molecule has 32 heavy (non-hydrogen) atoms. The van der Waals surface area contributed by atoms with Gasteiger partial charge in [-0.05, 0) is 36.2 Å². The summed E-state index contributed by atoms with van der Waals surface area (Å²) in [6.07, 6.45) is 0.464. The molecule has 0 radical (unpaired) electrons. The molecule has 2 aliphatic rings. The molecule has 170 valence electrons. The van der Waals surface area contributed by atoms with Crippen LogP contribution in [0.1, 0.15) is 44.2 Å². The number of guanidine groups is 1. The second kappa shape index (κ2) is 9.51. The quantitative estimate of drug-likeness (QED) is 0.477. The number of amides is 1. The van der Waals surface area contributed by atoms with Gasteiger partial charge in [0.05, 0.1) is 6.54 Å². The average molecular weight is 437 g/mol. The lowest BCUT2D eigenvalue weighted by atomic mass is 9.84. The zero-order valence-corrected chi connectivity index (χ0v) is 19.0. The first-order valence-electron chi connectivity index (χ1n) is 11.3. The van der Waals surface area contributed by atoms with Gasteiger partial charge in [0.2, 0.25) is 5.91 Å². The summed E-state index contributed by atoms with van der Waals surface area (Å²) in [5.41, 5.74) is 3.03. The topological polar surface area (TPSA) is 84.0 Å². The van der Waals surface area contributed by atoms with Crippen molar-refractivity contribution in [3.8, 4) is 11.5 Å². The van der Waals surface area contributed by atoms with Crippen LogP contribution >= 0.6 is 0 Å². The number of rotatable bonds is 6. The second-order valence-corrected chi connectivity index (χ2v) is 8.85. The van der Waals surface area contributed by atoms with Crippen molar-refractivity contribution in [1.29, 1.82) is 0 Å². The Kier molecular flexibility index (Phi) is 6.53. The van der Waals surface area contributed by atoms with Crippen molar-refractivity contribution in [1.82, 2.24) is 10.6 Å². The Morgan fingerprint density at radius 2 is 1.91 bits per heavy atom. The standard InChI is InChI=1S/C25H32N4O3/c1-4-26-24(27-15-17-13-23(30)29-20-8-6-5-7-19(17)20)28-16-25(2,3)18-9-10-21-22(14-18)32-12-11-31-21/h5-10,14,17H,4,11-13,15-16H2,1-3H3,(H,29,30)(H2,26,27,28). The van der Waals surface area contributed by atoms with Crippen LogP contribution in [0.5, 0.6) is 11.5 Å². The van der Waals surface area contributed by atoms with Gasteiger partial charge in [-0.25, -0.2) is 0 Å². The highest BCUT2D eigenvalue weighted by Gasteiger charge is 2.26. The van der Waals surface area contributed by atoms with Crippen molar-refractivity contribution in [2.24, 2.45) is 4.99 Å². The SMILES string of the molecule is CCNC(=NCC(C)(C)c1ccc2c(c1)OCCO2)NCC1CC(=O)Nc2ccccc21. The number of aliphatic imine (C=N–C) groups is 1. The van der Waals surface area contributed by atoms with Crippen molar-refractivity contribution in [2.75, 3.05) is 38.2 Å². The molecule has 2 aliphatic heterocycles. The third-order valence-corrected chi connectivity index (χ3v) is 5.92. The number of benzene rings is 2. The minimum Gasteiger partial charge on any atom is -0.486 e. The van der Waals surface area contributed by atoms with Gasteiger partial charge in [-0.3, -0.25) is 9.79 Å². The lowest BCUT2D eigenvalue weighted by Gasteiger charge is -2.28. The number of anilines is 1. The van der Waals surface area contributed by atoms with Crippen LogP contribution in [0.4, 0.5) is 5.69 Å². The van der Waals surface area contributed by atoms with E-state index in [2.05, 4.69) is 48.0 Å². The molecule has 0 bridgehead atoms. The van der Waals surface area contributed by atoms with E-state index in [-0.39, 0.29) is 17.2 Å². The number of hydrogen-bond donors (Lipinski definition) is 3. The minimum atomic E-state index is -0.185. The Balaban J connectivity index is 1.44. The molecule has 1 unspecified atom stereocenters. The minimum absolute atomic E-state index is 0.0529. The lowest BCUT2D eigenvalue weighted by molar-refractivity contribution is -0.116. The van der Waals surface area contributed by atoms with Gasteiger partial charge in [0, 0.05) is 36.5 Å². The van der Waals surface area contributed by atoms with Crippen molar-refractivity contribution in [2.45, 2.75) is 38.5 Å². The van der Waals surface area contributed by atoms with Gasteiger partial charge in [0.15, 0.2) is 17.5 Å². The van der Waals surface area contributed by atoms with Gasteiger partial charge in [-0.1, -0.05) is 38.1 Å². The number of ether oxygens (including phenoxy) is 2. The Hall–Kier alpha value is -3.22. The number of nitrogens with one attached hydrogen (secondary N) is 3.